The summed E-state index contributed by atoms with van der Waals surface area (Å²) in [5.74, 6) is 1.31. The zero-order valence-corrected chi connectivity index (χ0v) is 14.6. The average molecular weight is 339 g/mol. The van der Waals surface area contributed by atoms with Gasteiger partial charge in [-0.05, 0) is 49.9 Å². The molecule has 0 unspecified atom stereocenters. The minimum absolute atomic E-state index is 0.0808. The average Bonchev–Trinajstić information content (AvgIpc) is 2.63. The molecule has 5 nitrogen and oxygen atoms in total. The van der Waals surface area contributed by atoms with E-state index in [1.807, 2.05) is 49.4 Å². The van der Waals surface area contributed by atoms with Gasteiger partial charge in [0.15, 0.2) is 0 Å². The molecule has 1 fully saturated rings. The molecule has 0 atom stereocenters. The molecule has 1 aromatic heterocycles. The number of nitrogen functional groups attached to an aromatic ring is 1. The van der Waals surface area contributed by atoms with Gasteiger partial charge >= 0.3 is 5.97 Å². The molecule has 0 saturated carbocycles. The van der Waals surface area contributed by atoms with Gasteiger partial charge in [-0.15, -0.1) is 0 Å². The molecule has 132 valence electrons. The number of pyridine rings is 1. The van der Waals surface area contributed by atoms with Crippen LogP contribution in [0.4, 0.5) is 11.5 Å². The van der Waals surface area contributed by atoms with Gasteiger partial charge in [0.1, 0.15) is 5.82 Å². The van der Waals surface area contributed by atoms with Crippen molar-refractivity contribution in [3.05, 3.63) is 42.5 Å². The van der Waals surface area contributed by atoms with E-state index in [9.17, 15) is 4.79 Å². The van der Waals surface area contributed by atoms with Crippen LogP contribution in [0.25, 0.3) is 11.3 Å². The van der Waals surface area contributed by atoms with Crippen LogP contribution >= 0.6 is 0 Å². The van der Waals surface area contributed by atoms with Crippen molar-refractivity contribution in [3.63, 3.8) is 0 Å². The molecule has 5 heteroatoms. The molecule has 1 saturated heterocycles. The number of esters is 1. The largest absolute Gasteiger partial charge is 0.466 e. The standard InChI is InChI=1S/C20H25N3O2/c1-2-25-20(24)13-15-9-11-23(12-10-15)19-8-4-7-18(22-19)16-5-3-6-17(21)14-16/h3-8,14-15H,2,9-13,21H2,1H3. The van der Waals surface area contributed by atoms with Gasteiger partial charge in [0, 0.05) is 30.8 Å². The summed E-state index contributed by atoms with van der Waals surface area (Å²) in [4.78, 5) is 18.7. The lowest BCUT2D eigenvalue weighted by molar-refractivity contribution is -0.144. The summed E-state index contributed by atoms with van der Waals surface area (Å²) in [5, 5.41) is 0. The Morgan fingerprint density at radius 1 is 1.24 bits per heavy atom. The van der Waals surface area contributed by atoms with Crippen LogP contribution < -0.4 is 10.6 Å². The van der Waals surface area contributed by atoms with Crippen molar-refractivity contribution in [2.75, 3.05) is 30.3 Å². The number of aromatic nitrogens is 1. The highest BCUT2D eigenvalue weighted by Crippen LogP contribution is 2.27. The van der Waals surface area contributed by atoms with Gasteiger partial charge in [0.2, 0.25) is 0 Å². The van der Waals surface area contributed by atoms with Crippen molar-refractivity contribution in [1.29, 1.82) is 0 Å². The molecule has 1 aromatic carbocycles. The number of hydrogen-bond donors (Lipinski definition) is 1. The second-order valence-electron chi connectivity index (χ2n) is 6.45. The summed E-state index contributed by atoms with van der Waals surface area (Å²) in [7, 11) is 0. The van der Waals surface area contributed by atoms with Gasteiger partial charge in [-0.3, -0.25) is 4.79 Å². The molecule has 0 bridgehead atoms. The topological polar surface area (TPSA) is 68.5 Å². The highest BCUT2D eigenvalue weighted by atomic mass is 16.5. The monoisotopic (exact) mass is 339 g/mol. The van der Waals surface area contributed by atoms with E-state index in [4.69, 9.17) is 15.5 Å². The summed E-state index contributed by atoms with van der Waals surface area (Å²) in [6.07, 6.45) is 2.50. The third-order valence-corrected chi connectivity index (χ3v) is 4.62. The van der Waals surface area contributed by atoms with Crippen molar-refractivity contribution in [1.82, 2.24) is 4.98 Å². The Morgan fingerprint density at radius 2 is 2.00 bits per heavy atom. The van der Waals surface area contributed by atoms with Crippen LogP contribution in [-0.2, 0) is 9.53 Å². The summed E-state index contributed by atoms with van der Waals surface area (Å²) >= 11 is 0. The second-order valence-corrected chi connectivity index (χ2v) is 6.45. The molecule has 2 aromatic rings. The molecule has 0 amide bonds. The number of nitrogens with zero attached hydrogens (tertiary/aromatic N) is 2. The lowest BCUT2D eigenvalue weighted by Crippen LogP contribution is -2.35. The Balaban J connectivity index is 1.64. The Hall–Kier alpha value is -2.56. The van der Waals surface area contributed by atoms with E-state index in [-0.39, 0.29) is 5.97 Å². The molecule has 25 heavy (non-hydrogen) atoms. The van der Waals surface area contributed by atoms with E-state index >= 15 is 0 Å². The van der Waals surface area contributed by atoms with Gasteiger partial charge in [0.05, 0.1) is 12.3 Å². The number of nitrogens with two attached hydrogens (primary N) is 1. The highest BCUT2D eigenvalue weighted by molar-refractivity contribution is 5.69. The van der Waals surface area contributed by atoms with Crippen molar-refractivity contribution in [3.8, 4) is 11.3 Å². The van der Waals surface area contributed by atoms with Crippen LogP contribution in [-0.4, -0.2) is 30.6 Å². The minimum atomic E-state index is -0.0808. The molecule has 0 radical (unpaired) electrons. The Bertz CT molecular complexity index is 724. The van der Waals surface area contributed by atoms with Gasteiger partial charge < -0.3 is 15.4 Å². The fourth-order valence-electron chi connectivity index (χ4n) is 3.28. The number of benzene rings is 1. The third kappa shape index (κ3) is 4.50. The Morgan fingerprint density at radius 3 is 2.72 bits per heavy atom. The normalized spacial score (nSPS) is 15.2. The van der Waals surface area contributed by atoms with Gasteiger partial charge in [-0.25, -0.2) is 4.98 Å². The number of rotatable bonds is 5. The summed E-state index contributed by atoms with van der Waals surface area (Å²) in [5.41, 5.74) is 8.57. The van der Waals surface area contributed by atoms with Crippen LogP contribution in [0, 0.1) is 5.92 Å². The maximum atomic E-state index is 11.6. The van der Waals surface area contributed by atoms with E-state index in [1.165, 1.54) is 0 Å². The van der Waals surface area contributed by atoms with Crippen LogP contribution in [0.3, 0.4) is 0 Å². The number of piperidine rings is 1. The second kappa shape index (κ2) is 8.01. The zero-order valence-electron chi connectivity index (χ0n) is 14.6. The first-order valence-electron chi connectivity index (χ1n) is 8.89. The Labute approximate surface area is 148 Å². The van der Waals surface area contributed by atoms with E-state index in [2.05, 4.69) is 4.90 Å². The number of carbonyl (C=O) groups excluding carboxylic acids is 1. The number of ether oxygens (including phenoxy) is 1. The maximum absolute atomic E-state index is 11.6. The van der Waals surface area contributed by atoms with E-state index < -0.39 is 0 Å². The predicted octanol–water partition coefficient (Wildman–Crippen LogP) is 3.50. The van der Waals surface area contributed by atoms with Gasteiger partial charge in [0.25, 0.3) is 0 Å². The summed E-state index contributed by atoms with van der Waals surface area (Å²) in [6, 6.07) is 13.9. The number of carbonyl (C=O) groups is 1. The summed E-state index contributed by atoms with van der Waals surface area (Å²) < 4.78 is 5.06. The molecule has 0 aliphatic carbocycles. The first-order valence-corrected chi connectivity index (χ1v) is 8.89. The van der Waals surface area contributed by atoms with Crippen molar-refractivity contribution in [2.24, 2.45) is 5.92 Å². The van der Waals surface area contributed by atoms with Crippen LogP contribution in [0.15, 0.2) is 42.5 Å². The molecule has 2 heterocycles. The van der Waals surface area contributed by atoms with Crippen molar-refractivity contribution < 1.29 is 9.53 Å². The summed E-state index contributed by atoms with van der Waals surface area (Å²) in [6.45, 7) is 4.13. The molecular weight excluding hydrogens is 314 g/mol. The maximum Gasteiger partial charge on any atom is 0.306 e. The van der Waals surface area contributed by atoms with Gasteiger partial charge in [-0.2, -0.15) is 0 Å². The number of anilines is 2. The lowest BCUT2D eigenvalue weighted by atomic mass is 9.93. The Kier molecular flexibility index (Phi) is 5.53. The lowest BCUT2D eigenvalue weighted by Gasteiger charge is -2.32. The van der Waals surface area contributed by atoms with Crippen LogP contribution in [0.1, 0.15) is 26.2 Å². The number of hydrogen-bond acceptors (Lipinski definition) is 5. The fraction of sp³-hybridized carbons (Fsp3) is 0.400. The molecule has 3 rings (SSSR count). The SMILES string of the molecule is CCOC(=O)CC1CCN(c2cccc(-c3cccc(N)c3)n2)CC1. The minimum Gasteiger partial charge on any atom is -0.466 e. The van der Waals surface area contributed by atoms with Crippen molar-refractivity contribution in [2.45, 2.75) is 26.2 Å². The van der Waals surface area contributed by atoms with E-state index in [1.54, 1.807) is 0 Å². The van der Waals surface area contributed by atoms with Crippen LogP contribution in [0.2, 0.25) is 0 Å². The fourth-order valence-corrected chi connectivity index (χ4v) is 3.28. The van der Waals surface area contributed by atoms with Crippen molar-refractivity contribution >= 4 is 17.5 Å². The zero-order chi connectivity index (χ0) is 17.6. The molecular formula is C20H25N3O2. The van der Waals surface area contributed by atoms with E-state index in [0.29, 0.717) is 18.9 Å². The van der Waals surface area contributed by atoms with Crippen LogP contribution in [0.5, 0.6) is 0 Å². The highest BCUT2D eigenvalue weighted by Gasteiger charge is 2.23. The molecule has 1 aliphatic rings. The van der Waals surface area contributed by atoms with E-state index in [0.717, 1.165) is 48.7 Å². The first-order chi connectivity index (χ1) is 12.2. The first kappa shape index (κ1) is 17.3. The quantitative estimate of drug-likeness (QED) is 0.667. The molecule has 0 spiro atoms. The van der Waals surface area contributed by atoms with Gasteiger partial charge in [-0.1, -0.05) is 18.2 Å². The molecule has 1 aliphatic heterocycles. The predicted molar refractivity (Wildman–Crippen MR) is 100 cm³/mol. The third-order valence-electron chi connectivity index (χ3n) is 4.62. The molecule has 2 N–H and O–H groups in total. The smallest absolute Gasteiger partial charge is 0.306 e.